The lowest BCUT2D eigenvalue weighted by atomic mass is 10.0. The Morgan fingerprint density at radius 2 is 1.80 bits per heavy atom. The standard InChI is InChI=1S/C20H30N2O3/c1-24-16-9-10-19(25-2)17(14-16)18-8-7-13-22(18)20(23)15-21-11-5-3-4-6-12-21/h9-10,14,18H,3-8,11-13,15H2,1-2H3/t18-/m0/s1. The molecule has 0 aromatic heterocycles. The molecule has 0 bridgehead atoms. The molecule has 3 rings (SSSR count). The van der Waals surface area contributed by atoms with Crippen LogP contribution < -0.4 is 9.47 Å². The van der Waals surface area contributed by atoms with Crippen LogP contribution in [0.4, 0.5) is 0 Å². The van der Waals surface area contributed by atoms with Gasteiger partial charge in [0.25, 0.3) is 0 Å². The topological polar surface area (TPSA) is 42.0 Å². The average Bonchev–Trinajstić information content (AvgIpc) is 2.99. The molecule has 5 heteroatoms. The van der Waals surface area contributed by atoms with Crippen molar-refractivity contribution in [2.75, 3.05) is 40.4 Å². The highest BCUT2D eigenvalue weighted by Crippen LogP contribution is 2.39. The van der Waals surface area contributed by atoms with E-state index in [1.807, 2.05) is 23.1 Å². The first-order valence-corrected chi connectivity index (χ1v) is 9.46. The van der Waals surface area contributed by atoms with E-state index in [1.165, 1.54) is 25.7 Å². The Labute approximate surface area is 150 Å². The van der Waals surface area contributed by atoms with E-state index in [9.17, 15) is 4.79 Å². The van der Waals surface area contributed by atoms with Gasteiger partial charge in [0.1, 0.15) is 11.5 Å². The van der Waals surface area contributed by atoms with E-state index in [1.54, 1.807) is 14.2 Å². The van der Waals surface area contributed by atoms with Crippen LogP contribution in [0.1, 0.15) is 50.1 Å². The van der Waals surface area contributed by atoms with Crippen LogP contribution >= 0.6 is 0 Å². The zero-order valence-corrected chi connectivity index (χ0v) is 15.5. The molecule has 0 N–H and O–H groups in total. The predicted molar refractivity (Wildman–Crippen MR) is 98.1 cm³/mol. The van der Waals surface area contributed by atoms with Gasteiger partial charge in [-0.1, -0.05) is 12.8 Å². The zero-order valence-electron chi connectivity index (χ0n) is 15.5. The maximum Gasteiger partial charge on any atom is 0.237 e. The molecule has 1 aromatic carbocycles. The summed E-state index contributed by atoms with van der Waals surface area (Å²) in [4.78, 5) is 17.3. The molecule has 138 valence electrons. The van der Waals surface area contributed by atoms with Crippen molar-refractivity contribution in [3.8, 4) is 11.5 Å². The van der Waals surface area contributed by atoms with Crippen molar-refractivity contribution in [3.63, 3.8) is 0 Å². The van der Waals surface area contributed by atoms with Crippen LogP contribution in [-0.2, 0) is 4.79 Å². The van der Waals surface area contributed by atoms with Crippen LogP contribution in [0.15, 0.2) is 18.2 Å². The van der Waals surface area contributed by atoms with Crippen molar-refractivity contribution in [1.29, 1.82) is 0 Å². The number of methoxy groups -OCH3 is 2. The van der Waals surface area contributed by atoms with Gasteiger partial charge in [-0.3, -0.25) is 9.69 Å². The molecule has 2 aliphatic rings. The molecule has 2 aliphatic heterocycles. The normalized spacial score (nSPS) is 21.8. The summed E-state index contributed by atoms with van der Waals surface area (Å²) in [5.41, 5.74) is 1.06. The lowest BCUT2D eigenvalue weighted by Gasteiger charge is -2.29. The van der Waals surface area contributed by atoms with E-state index >= 15 is 0 Å². The number of carbonyl (C=O) groups is 1. The molecule has 1 atom stereocenters. The summed E-state index contributed by atoms with van der Waals surface area (Å²) in [5.74, 6) is 1.89. The van der Waals surface area contributed by atoms with Crippen molar-refractivity contribution in [1.82, 2.24) is 9.80 Å². The molecule has 0 aliphatic carbocycles. The van der Waals surface area contributed by atoms with Crippen molar-refractivity contribution in [2.24, 2.45) is 0 Å². The highest BCUT2D eigenvalue weighted by molar-refractivity contribution is 5.79. The third-order valence-electron chi connectivity index (χ3n) is 5.43. The summed E-state index contributed by atoms with van der Waals surface area (Å²) < 4.78 is 10.9. The molecular weight excluding hydrogens is 316 g/mol. The maximum absolute atomic E-state index is 13.0. The third kappa shape index (κ3) is 4.27. The number of amides is 1. The van der Waals surface area contributed by atoms with Gasteiger partial charge in [-0.25, -0.2) is 0 Å². The monoisotopic (exact) mass is 346 g/mol. The molecule has 2 fully saturated rings. The van der Waals surface area contributed by atoms with Gasteiger partial charge >= 0.3 is 0 Å². The van der Waals surface area contributed by atoms with E-state index in [2.05, 4.69) is 4.90 Å². The molecule has 2 heterocycles. The second-order valence-corrected chi connectivity index (χ2v) is 7.04. The Morgan fingerprint density at radius 1 is 1.04 bits per heavy atom. The van der Waals surface area contributed by atoms with Crippen LogP contribution in [0.25, 0.3) is 0 Å². The molecule has 0 spiro atoms. The van der Waals surface area contributed by atoms with Gasteiger partial charge in [-0.2, -0.15) is 0 Å². The summed E-state index contributed by atoms with van der Waals surface area (Å²) in [7, 11) is 3.35. The fourth-order valence-corrected chi connectivity index (χ4v) is 4.06. The second-order valence-electron chi connectivity index (χ2n) is 7.04. The average molecular weight is 346 g/mol. The van der Waals surface area contributed by atoms with E-state index in [0.29, 0.717) is 6.54 Å². The first-order valence-electron chi connectivity index (χ1n) is 9.46. The molecule has 25 heavy (non-hydrogen) atoms. The molecule has 2 saturated heterocycles. The summed E-state index contributed by atoms with van der Waals surface area (Å²) >= 11 is 0. The molecular formula is C20H30N2O3. The summed E-state index contributed by atoms with van der Waals surface area (Å²) in [6.07, 6.45) is 7.02. The molecule has 0 unspecified atom stereocenters. The summed E-state index contributed by atoms with van der Waals surface area (Å²) in [5, 5.41) is 0. The molecule has 1 aromatic rings. The number of hydrogen-bond donors (Lipinski definition) is 0. The SMILES string of the molecule is COc1ccc(OC)c([C@@H]2CCCN2C(=O)CN2CCCCCC2)c1. The number of ether oxygens (including phenoxy) is 2. The van der Waals surface area contributed by atoms with Crippen LogP contribution in [0.2, 0.25) is 0 Å². The van der Waals surface area contributed by atoms with Crippen molar-refractivity contribution >= 4 is 5.91 Å². The van der Waals surface area contributed by atoms with Gasteiger partial charge < -0.3 is 14.4 Å². The fraction of sp³-hybridized carbons (Fsp3) is 0.650. The number of nitrogens with zero attached hydrogens (tertiary/aromatic N) is 2. The molecule has 0 radical (unpaired) electrons. The summed E-state index contributed by atoms with van der Waals surface area (Å²) in [6, 6.07) is 5.94. The van der Waals surface area contributed by atoms with Crippen LogP contribution in [0, 0.1) is 0 Å². The lowest BCUT2D eigenvalue weighted by Crippen LogP contribution is -2.40. The van der Waals surface area contributed by atoms with E-state index < -0.39 is 0 Å². The second kappa shape index (κ2) is 8.56. The van der Waals surface area contributed by atoms with Gasteiger partial charge in [-0.05, 0) is 57.0 Å². The lowest BCUT2D eigenvalue weighted by molar-refractivity contribution is -0.133. The zero-order chi connectivity index (χ0) is 17.6. The Morgan fingerprint density at radius 3 is 2.48 bits per heavy atom. The van der Waals surface area contributed by atoms with Crippen LogP contribution in [0.3, 0.4) is 0 Å². The number of carbonyl (C=O) groups excluding carboxylic acids is 1. The van der Waals surface area contributed by atoms with Crippen LogP contribution in [-0.4, -0.2) is 56.1 Å². The highest BCUT2D eigenvalue weighted by Gasteiger charge is 2.32. The van der Waals surface area contributed by atoms with Gasteiger partial charge in [-0.15, -0.1) is 0 Å². The predicted octanol–water partition coefficient (Wildman–Crippen LogP) is 3.24. The van der Waals surface area contributed by atoms with Crippen molar-refractivity contribution in [2.45, 2.75) is 44.6 Å². The minimum Gasteiger partial charge on any atom is -0.497 e. The first kappa shape index (κ1) is 18.1. The van der Waals surface area contributed by atoms with E-state index in [-0.39, 0.29) is 11.9 Å². The molecule has 5 nitrogen and oxygen atoms in total. The number of hydrogen-bond acceptors (Lipinski definition) is 4. The van der Waals surface area contributed by atoms with Crippen molar-refractivity contribution < 1.29 is 14.3 Å². The highest BCUT2D eigenvalue weighted by atomic mass is 16.5. The van der Waals surface area contributed by atoms with E-state index in [0.717, 1.165) is 49.5 Å². The number of rotatable bonds is 5. The van der Waals surface area contributed by atoms with E-state index in [4.69, 9.17) is 9.47 Å². The molecule has 0 saturated carbocycles. The Bertz CT molecular complexity index is 582. The largest absolute Gasteiger partial charge is 0.497 e. The smallest absolute Gasteiger partial charge is 0.237 e. The van der Waals surface area contributed by atoms with Crippen molar-refractivity contribution in [3.05, 3.63) is 23.8 Å². The first-order chi connectivity index (χ1) is 12.2. The number of likely N-dealkylation sites (tertiary alicyclic amines) is 2. The maximum atomic E-state index is 13.0. The van der Waals surface area contributed by atoms with Gasteiger partial charge in [0.05, 0.1) is 26.8 Å². The van der Waals surface area contributed by atoms with Crippen LogP contribution in [0.5, 0.6) is 11.5 Å². The van der Waals surface area contributed by atoms with Gasteiger partial charge in [0, 0.05) is 12.1 Å². The third-order valence-corrected chi connectivity index (χ3v) is 5.43. The summed E-state index contributed by atoms with van der Waals surface area (Å²) in [6.45, 7) is 3.47. The Kier molecular flexibility index (Phi) is 6.19. The van der Waals surface area contributed by atoms with Gasteiger partial charge in [0.15, 0.2) is 0 Å². The Balaban J connectivity index is 1.74. The number of benzene rings is 1. The molecule has 1 amide bonds. The fourth-order valence-electron chi connectivity index (χ4n) is 4.06. The minimum absolute atomic E-state index is 0.0875. The minimum atomic E-state index is 0.0875. The quantitative estimate of drug-likeness (QED) is 0.821. The Hall–Kier alpha value is -1.75. The van der Waals surface area contributed by atoms with Gasteiger partial charge in [0.2, 0.25) is 5.91 Å².